The van der Waals surface area contributed by atoms with E-state index in [1.807, 2.05) is 37.3 Å². The maximum absolute atomic E-state index is 10.7. The number of aliphatic hydroxyl groups is 1. The Bertz CT molecular complexity index is 1170. The van der Waals surface area contributed by atoms with E-state index < -0.39 is 6.10 Å². The van der Waals surface area contributed by atoms with Crippen molar-refractivity contribution in [3.63, 3.8) is 0 Å². The SMILES string of the molecule is CCn1nnc(-c2ccc(C(C)(c3ccc(C(O)Cc4ccccn4)cc3)C(C)C)cc2)n1. The summed E-state index contributed by atoms with van der Waals surface area (Å²) in [4.78, 5) is 5.91. The molecule has 33 heavy (non-hydrogen) atoms. The number of hydrogen-bond acceptors (Lipinski definition) is 5. The molecule has 4 rings (SSSR count). The first kappa shape index (κ1) is 22.8. The number of pyridine rings is 1. The summed E-state index contributed by atoms with van der Waals surface area (Å²) in [6.45, 7) is 9.45. The first-order valence-electron chi connectivity index (χ1n) is 11.5. The smallest absolute Gasteiger partial charge is 0.204 e. The number of aryl methyl sites for hydroxylation is 1. The fourth-order valence-corrected chi connectivity index (χ4v) is 4.18. The summed E-state index contributed by atoms with van der Waals surface area (Å²) in [5.74, 6) is 1.01. The molecule has 0 aliphatic carbocycles. The summed E-state index contributed by atoms with van der Waals surface area (Å²) in [6.07, 6.45) is 1.68. The van der Waals surface area contributed by atoms with Crippen molar-refractivity contribution in [3.8, 4) is 11.4 Å². The number of hydrogen-bond donors (Lipinski definition) is 1. The van der Waals surface area contributed by atoms with Crippen LogP contribution in [0.4, 0.5) is 0 Å². The number of rotatable bonds is 8. The Hall–Kier alpha value is -3.38. The molecule has 0 bridgehead atoms. The molecule has 2 aromatic heterocycles. The van der Waals surface area contributed by atoms with Crippen molar-refractivity contribution >= 4 is 0 Å². The van der Waals surface area contributed by atoms with E-state index in [9.17, 15) is 5.11 Å². The maximum Gasteiger partial charge on any atom is 0.204 e. The Labute approximate surface area is 195 Å². The van der Waals surface area contributed by atoms with E-state index >= 15 is 0 Å². The van der Waals surface area contributed by atoms with Crippen LogP contribution in [0, 0.1) is 5.92 Å². The van der Waals surface area contributed by atoms with Gasteiger partial charge in [-0.25, -0.2) is 0 Å². The van der Waals surface area contributed by atoms with Gasteiger partial charge in [0.25, 0.3) is 0 Å². The highest BCUT2D eigenvalue weighted by molar-refractivity contribution is 5.55. The molecule has 1 N–H and O–H groups in total. The van der Waals surface area contributed by atoms with Crippen molar-refractivity contribution in [2.45, 2.75) is 52.2 Å². The van der Waals surface area contributed by atoms with Crippen LogP contribution in [-0.2, 0) is 18.4 Å². The largest absolute Gasteiger partial charge is 0.388 e. The zero-order chi connectivity index (χ0) is 23.4. The lowest BCUT2D eigenvalue weighted by molar-refractivity contribution is 0.177. The second kappa shape index (κ2) is 9.63. The van der Waals surface area contributed by atoms with E-state index in [1.165, 1.54) is 11.1 Å². The average Bonchev–Trinajstić information content (AvgIpc) is 3.34. The fraction of sp³-hybridized carbons (Fsp3) is 0.333. The number of nitrogens with zero attached hydrogens (tertiary/aromatic N) is 5. The van der Waals surface area contributed by atoms with E-state index in [-0.39, 0.29) is 5.41 Å². The molecule has 2 unspecified atom stereocenters. The zero-order valence-electron chi connectivity index (χ0n) is 19.7. The summed E-state index contributed by atoms with van der Waals surface area (Å²) in [6, 6.07) is 22.6. The Balaban J connectivity index is 1.58. The molecule has 0 saturated heterocycles. The van der Waals surface area contributed by atoms with Crippen LogP contribution >= 0.6 is 0 Å². The lowest BCUT2D eigenvalue weighted by Gasteiger charge is -2.35. The van der Waals surface area contributed by atoms with Gasteiger partial charge in [-0.1, -0.05) is 75.4 Å². The first-order valence-corrected chi connectivity index (χ1v) is 11.5. The molecule has 0 aliphatic rings. The molecule has 0 fully saturated rings. The lowest BCUT2D eigenvalue weighted by Crippen LogP contribution is -2.30. The Morgan fingerprint density at radius 2 is 1.61 bits per heavy atom. The molecule has 2 atom stereocenters. The number of tetrazole rings is 1. The van der Waals surface area contributed by atoms with Crippen LogP contribution in [0.5, 0.6) is 0 Å². The highest BCUT2D eigenvalue weighted by Gasteiger charge is 2.32. The van der Waals surface area contributed by atoms with Gasteiger partial charge in [-0.2, -0.15) is 4.80 Å². The Morgan fingerprint density at radius 1 is 0.939 bits per heavy atom. The molecule has 0 radical (unpaired) electrons. The van der Waals surface area contributed by atoms with Gasteiger partial charge in [0.1, 0.15) is 0 Å². The van der Waals surface area contributed by atoms with Crippen LogP contribution in [0.15, 0.2) is 72.9 Å². The van der Waals surface area contributed by atoms with E-state index in [4.69, 9.17) is 0 Å². The van der Waals surface area contributed by atoms with Gasteiger partial charge in [0, 0.05) is 29.3 Å². The monoisotopic (exact) mass is 441 g/mol. The van der Waals surface area contributed by atoms with E-state index in [0.29, 0.717) is 24.7 Å². The normalized spacial score (nSPS) is 14.2. The van der Waals surface area contributed by atoms with Gasteiger partial charge in [0.15, 0.2) is 0 Å². The molecule has 4 aromatic rings. The molecule has 2 heterocycles. The zero-order valence-corrected chi connectivity index (χ0v) is 19.7. The summed E-state index contributed by atoms with van der Waals surface area (Å²) < 4.78 is 0. The molecule has 0 saturated carbocycles. The minimum absolute atomic E-state index is 0.183. The molecule has 170 valence electrons. The lowest BCUT2D eigenvalue weighted by atomic mass is 9.68. The minimum Gasteiger partial charge on any atom is -0.388 e. The third kappa shape index (κ3) is 4.71. The first-order chi connectivity index (χ1) is 15.9. The van der Waals surface area contributed by atoms with Crippen molar-refractivity contribution in [1.82, 2.24) is 25.2 Å². The predicted octanol–water partition coefficient (Wildman–Crippen LogP) is 4.99. The van der Waals surface area contributed by atoms with Crippen LogP contribution in [0.1, 0.15) is 56.2 Å². The summed E-state index contributed by atoms with van der Waals surface area (Å²) >= 11 is 0. The van der Waals surface area contributed by atoms with Crippen LogP contribution in [0.3, 0.4) is 0 Å². The second-order valence-electron chi connectivity index (χ2n) is 8.90. The number of benzene rings is 2. The van der Waals surface area contributed by atoms with Gasteiger partial charge in [0.05, 0.1) is 12.6 Å². The molecule has 6 nitrogen and oxygen atoms in total. The van der Waals surface area contributed by atoms with Gasteiger partial charge in [-0.3, -0.25) is 4.98 Å². The van der Waals surface area contributed by atoms with Crippen LogP contribution in [-0.4, -0.2) is 30.3 Å². The summed E-state index contributed by atoms with van der Waals surface area (Å²) in [7, 11) is 0. The topological polar surface area (TPSA) is 76.7 Å². The molecule has 0 spiro atoms. The third-order valence-electron chi connectivity index (χ3n) is 6.66. The minimum atomic E-state index is -0.581. The second-order valence-corrected chi connectivity index (χ2v) is 8.90. The molecule has 6 heteroatoms. The third-order valence-corrected chi connectivity index (χ3v) is 6.66. The van der Waals surface area contributed by atoms with Crippen molar-refractivity contribution in [2.24, 2.45) is 5.92 Å². The fourth-order valence-electron chi connectivity index (χ4n) is 4.18. The molecule has 2 aromatic carbocycles. The molecular formula is C27H31N5O. The Kier molecular flexibility index (Phi) is 6.65. The summed E-state index contributed by atoms with van der Waals surface area (Å²) in [5, 5.41) is 23.3. The number of aromatic nitrogens is 5. The molecular weight excluding hydrogens is 410 g/mol. The van der Waals surface area contributed by atoms with Crippen molar-refractivity contribution in [2.75, 3.05) is 0 Å². The van der Waals surface area contributed by atoms with Gasteiger partial charge in [-0.05, 0) is 46.9 Å². The van der Waals surface area contributed by atoms with Crippen molar-refractivity contribution in [1.29, 1.82) is 0 Å². The standard InChI is InChI=1S/C27H31N5O/c1-5-32-30-26(29-31-32)21-11-15-23(16-12-21)27(4,19(2)3)22-13-9-20(10-14-22)25(33)18-24-8-6-7-17-28-24/h6-17,19,25,33H,5,18H2,1-4H3. The molecule has 0 amide bonds. The van der Waals surface area contributed by atoms with Crippen LogP contribution in [0.2, 0.25) is 0 Å². The summed E-state index contributed by atoms with van der Waals surface area (Å²) in [5.41, 5.74) is 5.00. The average molecular weight is 442 g/mol. The maximum atomic E-state index is 10.7. The Morgan fingerprint density at radius 3 is 2.15 bits per heavy atom. The predicted molar refractivity (Wildman–Crippen MR) is 130 cm³/mol. The van der Waals surface area contributed by atoms with Gasteiger partial charge in [0.2, 0.25) is 5.82 Å². The van der Waals surface area contributed by atoms with Crippen molar-refractivity contribution in [3.05, 3.63) is 95.3 Å². The van der Waals surface area contributed by atoms with Crippen LogP contribution < -0.4 is 0 Å². The van der Waals surface area contributed by atoms with Gasteiger partial charge in [-0.15, -0.1) is 10.2 Å². The molecule has 0 aliphatic heterocycles. The van der Waals surface area contributed by atoms with Crippen molar-refractivity contribution < 1.29 is 5.11 Å². The highest BCUT2D eigenvalue weighted by atomic mass is 16.3. The number of aliphatic hydroxyl groups excluding tert-OH is 1. The van der Waals surface area contributed by atoms with Crippen LogP contribution in [0.25, 0.3) is 11.4 Å². The quantitative estimate of drug-likeness (QED) is 0.417. The van der Waals surface area contributed by atoms with E-state index in [0.717, 1.165) is 16.8 Å². The highest BCUT2D eigenvalue weighted by Crippen LogP contribution is 2.39. The van der Waals surface area contributed by atoms with E-state index in [2.05, 4.69) is 77.6 Å². The van der Waals surface area contributed by atoms with Gasteiger partial charge >= 0.3 is 0 Å². The van der Waals surface area contributed by atoms with Gasteiger partial charge < -0.3 is 5.11 Å². The van der Waals surface area contributed by atoms with E-state index in [1.54, 1.807) is 11.0 Å².